The van der Waals surface area contributed by atoms with E-state index in [0.717, 1.165) is 6.07 Å². The maximum absolute atomic E-state index is 12.5. The van der Waals surface area contributed by atoms with E-state index in [-0.39, 0.29) is 16.5 Å². The first-order valence-corrected chi connectivity index (χ1v) is 8.64. The molecule has 0 saturated heterocycles. The third-order valence-corrected chi connectivity index (χ3v) is 3.87. The summed E-state index contributed by atoms with van der Waals surface area (Å²) in [5.41, 5.74) is -6.38. The molecule has 0 N–H and O–H groups in total. The van der Waals surface area contributed by atoms with Crippen molar-refractivity contribution in [2.24, 2.45) is 0 Å². The topological polar surface area (TPSA) is 78.9 Å². The Hall–Kier alpha value is -2.49. The van der Waals surface area contributed by atoms with Gasteiger partial charge in [0, 0.05) is 10.8 Å². The number of hydrogen-bond donors (Lipinski definition) is 0. The Labute approximate surface area is 147 Å². The van der Waals surface area contributed by atoms with E-state index in [4.69, 9.17) is 9.47 Å². The van der Waals surface area contributed by atoms with Crippen LogP contribution in [0.5, 0.6) is 11.5 Å². The van der Waals surface area contributed by atoms with Gasteiger partial charge in [-0.3, -0.25) is 0 Å². The maximum Gasteiger partial charge on any atom is 0.534 e. The van der Waals surface area contributed by atoms with E-state index in [1.165, 1.54) is 30.3 Å². The molecule has 2 rings (SSSR count). The molecule has 142 valence electrons. The van der Waals surface area contributed by atoms with Crippen molar-refractivity contribution in [3.63, 3.8) is 0 Å². The minimum absolute atomic E-state index is 0.0152. The molecule has 0 fully saturated rings. The van der Waals surface area contributed by atoms with Gasteiger partial charge in [-0.25, -0.2) is 4.79 Å². The molecular formula is C16H15F3O6S. The van der Waals surface area contributed by atoms with Crippen molar-refractivity contribution < 1.29 is 40.0 Å². The molecule has 0 aromatic heterocycles. The van der Waals surface area contributed by atoms with Gasteiger partial charge in [0.1, 0.15) is 11.4 Å². The van der Waals surface area contributed by atoms with Crippen LogP contribution < -0.4 is 8.92 Å². The Kier molecular flexibility index (Phi) is 5.09. The number of halogens is 3. The minimum atomic E-state index is -5.83. The van der Waals surface area contributed by atoms with E-state index >= 15 is 0 Å². The van der Waals surface area contributed by atoms with Crippen molar-refractivity contribution in [1.29, 1.82) is 0 Å². The van der Waals surface area contributed by atoms with Gasteiger partial charge in [-0.15, -0.1) is 0 Å². The zero-order valence-electron chi connectivity index (χ0n) is 14.0. The summed E-state index contributed by atoms with van der Waals surface area (Å²) in [4.78, 5) is 11.8. The van der Waals surface area contributed by atoms with E-state index < -0.39 is 33.1 Å². The van der Waals surface area contributed by atoms with Crippen molar-refractivity contribution in [3.8, 4) is 11.5 Å². The average molecular weight is 392 g/mol. The van der Waals surface area contributed by atoms with Crippen LogP contribution in [0.4, 0.5) is 18.0 Å². The number of benzene rings is 2. The predicted molar refractivity (Wildman–Crippen MR) is 86.4 cm³/mol. The normalized spacial score (nSPS) is 12.7. The Morgan fingerprint density at radius 1 is 0.923 bits per heavy atom. The van der Waals surface area contributed by atoms with Crippen LogP contribution in [0.3, 0.4) is 0 Å². The summed E-state index contributed by atoms with van der Waals surface area (Å²) in [7, 11) is -5.83. The van der Waals surface area contributed by atoms with Crippen molar-refractivity contribution in [1.82, 2.24) is 0 Å². The average Bonchev–Trinajstić information content (AvgIpc) is 2.44. The Morgan fingerprint density at radius 2 is 1.42 bits per heavy atom. The molecule has 6 nitrogen and oxygen atoms in total. The van der Waals surface area contributed by atoms with Gasteiger partial charge in [0.15, 0.2) is 5.75 Å². The SMILES string of the molecule is CC(C)(C)OC(=O)Oc1cccc2c(OS(=O)(=O)C(F)(F)F)cccc12. The highest BCUT2D eigenvalue weighted by molar-refractivity contribution is 7.88. The lowest BCUT2D eigenvalue weighted by molar-refractivity contribution is -0.0499. The number of hydrogen-bond acceptors (Lipinski definition) is 6. The fourth-order valence-corrected chi connectivity index (χ4v) is 2.42. The second kappa shape index (κ2) is 6.67. The molecule has 0 radical (unpaired) electrons. The third-order valence-electron chi connectivity index (χ3n) is 2.91. The van der Waals surface area contributed by atoms with E-state index in [2.05, 4.69) is 4.18 Å². The van der Waals surface area contributed by atoms with Crippen LogP contribution >= 0.6 is 0 Å². The van der Waals surface area contributed by atoms with Crippen LogP contribution in [0.25, 0.3) is 10.8 Å². The van der Waals surface area contributed by atoms with Gasteiger partial charge >= 0.3 is 21.8 Å². The monoisotopic (exact) mass is 392 g/mol. The predicted octanol–water partition coefficient (Wildman–Crippen LogP) is 4.38. The number of rotatable bonds is 3. The van der Waals surface area contributed by atoms with Crippen molar-refractivity contribution in [2.75, 3.05) is 0 Å². The van der Waals surface area contributed by atoms with Gasteiger partial charge in [-0.2, -0.15) is 21.6 Å². The van der Waals surface area contributed by atoms with Crippen molar-refractivity contribution in [3.05, 3.63) is 36.4 Å². The summed E-state index contributed by atoms with van der Waals surface area (Å²) in [6.45, 7) is 4.89. The fraction of sp³-hybridized carbons (Fsp3) is 0.312. The van der Waals surface area contributed by atoms with Gasteiger partial charge in [-0.05, 0) is 32.9 Å². The molecule has 0 spiro atoms. The highest BCUT2D eigenvalue weighted by atomic mass is 32.2. The molecule has 0 saturated carbocycles. The molecule has 0 aliphatic heterocycles. The van der Waals surface area contributed by atoms with Crippen LogP contribution in [0, 0.1) is 0 Å². The quantitative estimate of drug-likeness (QED) is 0.334. The number of ether oxygens (including phenoxy) is 2. The highest BCUT2D eigenvalue weighted by Gasteiger charge is 2.48. The molecule has 0 heterocycles. The van der Waals surface area contributed by atoms with Crippen LogP contribution in [-0.2, 0) is 14.9 Å². The number of fused-ring (bicyclic) bond motifs is 1. The molecule has 10 heteroatoms. The van der Waals surface area contributed by atoms with Crippen LogP contribution in [0.2, 0.25) is 0 Å². The fourth-order valence-electron chi connectivity index (χ4n) is 1.94. The molecule has 0 unspecified atom stereocenters. The Balaban J connectivity index is 2.42. The number of carbonyl (C=O) groups excluding carboxylic acids is 1. The lowest BCUT2D eigenvalue weighted by Gasteiger charge is -2.19. The Morgan fingerprint density at radius 3 is 1.92 bits per heavy atom. The first-order valence-electron chi connectivity index (χ1n) is 7.23. The largest absolute Gasteiger partial charge is 0.534 e. The zero-order valence-corrected chi connectivity index (χ0v) is 14.8. The lowest BCUT2D eigenvalue weighted by atomic mass is 10.1. The van der Waals surface area contributed by atoms with Crippen molar-refractivity contribution in [2.45, 2.75) is 31.9 Å². The molecule has 0 atom stereocenters. The van der Waals surface area contributed by atoms with Gasteiger partial charge in [-0.1, -0.05) is 24.3 Å². The second-order valence-corrected chi connectivity index (χ2v) is 7.69. The molecule has 0 aliphatic rings. The second-order valence-electron chi connectivity index (χ2n) is 6.16. The standard InChI is InChI=1S/C16H15F3O6S/c1-15(2,3)24-14(20)23-12-8-4-7-11-10(12)6-5-9-13(11)25-26(21,22)16(17,18)19/h4-9H,1-3H3. The molecule has 0 aliphatic carbocycles. The molecule has 0 amide bonds. The smallest absolute Gasteiger partial charge is 0.428 e. The van der Waals surface area contributed by atoms with Gasteiger partial charge in [0.2, 0.25) is 0 Å². The molecule has 2 aromatic carbocycles. The van der Waals surface area contributed by atoms with Gasteiger partial charge in [0.25, 0.3) is 0 Å². The van der Waals surface area contributed by atoms with E-state index in [1.54, 1.807) is 20.8 Å². The van der Waals surface area contributed by atoms with Crippen molar-refractivity contribution >= 4 is 27.0 Å². The molecule has 0 bridgehead atoms. The zero-order chi connectivity index (χ0) is 19.8. The van der Waals surface area contributed by atoms with Crippen LogP contribution in [-0.4, -0.2) is 25.7 Å². The first-order chi connectivity index (χ1) is 11.8. The van der Waals surface area contributed by atoms with E-state index in [9.17, 15) is 26.4 Å². The van der Waals surface area contributed by atoms with Gasteiger partial charge in [0.05, 0.1) is 0 Å². The summed E-state index contributed by atoms with van der Waals surface area (Å²) in [6, 6.07) is 7.85. The maximum atomic E-state index is 12.5. The summed E-state index contributed by atoms with van der Waals surface area (Å²) >= 11 is 0. The first kappa shape index (κ1) is 19.8. The molecule has 26 heavy (non-hydrogen) atoms. The Bertz CT molecular complexity index is 929. The third kappa shape index (κ3) is 4.57. The van der Waals surface area contributed by atoms with Gasteiger partial charge < -0.3 is 13.7 Å². The summed E-state index contributed by atoms with van der Waals surface area (Å²) in [5, 5.41) is 0.189. The molecule has 2 aromatic rings. The minimum Gasteiger partial charge on any atom is -0.428 e. The van der Waals surface area contributed by atoms with E-state index in [0.29, 0.717) is 0 Å². The summed E-state index contributed by atoms with van der Waals surface area (Å²) in [5.74, 6) is -0.568. The highest BCUT2D eigenvalue weighted by Crippen LogP contribution is 2.35. The summed E-state index contributed by atoms with van der Waals surface area (Å²) in [6.07, 6.45) is -1.01. The molecular weight excluding hydrogens is 377 g/mol. The van der Waals surface area contributed by atoms with Crippen LogP contribution in [0.15, 0.2) is 36.4 Å². The number of alkyl halides is 3. The van der Waals surface area contributed by atoms with Crippen LogP contribution in [0.1, 0.15) is 20.8 Å². The number of carbonyl (C=O) groups is 1. The lowest BCUT2D eigenvalue weighted by Crippen LogP contribution is -2.28. The summed E-state index contributed by atoms with van der Waals surface area (Å²) < 4.78 is 74.3. The van der Waals surface area contributed by atoms with E-state index in [1.807, 2.05) is 0 Å².